The van der Waals surface area contributed by atoms with Gasteiger partial charge < -0.3 is 15.2 Å². The van der Waals surface area contributed by atoms with E-state index in [4.69, 9.17) is 26.8 Å². The molecule has 1 aromatic rings. The van der Waals surface area contributed by atoms with Gasteiger partial charge in [-0.15, -0.1) is 0 Å². The molecular weight excluding hydrogens is 214 g/mol. The van der Waals surface area contributed by atoms with Crippen molar-refractivity contribution in [2.75, 3.05) is 5.73 Å². The van der Waals surface area contributed by atoms with E-state index in [2.05, 4.69) is 0 Å². The summed E-state index contributed by atoms with van der Waals surface area (Å²) in [4.78, 5) is 0. The molecule has 1 unspecified atom stereocenters. The number of nitrogens with two attached hydrogens (primary N) is 1. The van der Waals surface area contributed by atoms with Gasteiger partial charge in [0.05, 0.1) is 5.69 Å². The highest BCUT2D eigenvalue weighted by Gasteiger charge is 2.36. The molecule has 1 aromatic carbocycles. The summed E-state index contributed by atoms with van der Waals surface area (Å²) in [7, 11) is 0. The SMILES string of the molecule is CC(C)(C)C1Oc2ccc(N)c(Cl)c2O1. The number of hydrogen-bond donors (Lipinski definition) is 1. The number of fused-ring (bicyclic) bond motifs is 1. The minimum absolute atomic E-state index is 0.100. The monoisotopic (exact) mass is 227 g/mol. The highest BCUT2D eigenvalue weighted by atomic mass is 35.5. The van der Waals surface area contributed by atoms with Crippen LogP contribution in [0.3, 0.4) is 0 Å². The molecule has 0 spiro atoms. The van der Waals surface area contributed by atoms with Crippen LogP contribution < -0.4 is 15.2 Å². The summed E-state index contributed by atoms with van der Waals surface area (Å²) < 4.78 is 11.3. The Bertz CT molecular complexity index is 398. The van der Waals surface area contributed by atoms with E-state index in [9.17, 15) is 0 Å². The summed E-state index contributed by atoms with van der Waals surface area (Å²) in [5.41, 5.74) is 6.09. The molecular formula is C11H14ClNO2. The van der Waals surface area contributed by atoms with Crippen molar-refractivity contribution in [3.8, 4) is 11.5 Å². The summed E-state index contributed by atoms with van der Waals surface area (Å²) in [6.45, 7) is 6.13. The van der Waals surface area contributed by atoms with Crippen LogP contribution in [-0.2, 0) is 0 Å². The van der Waals surface area contributed by atoms with Crippen molar-refractivity contribution >= 4 is 17.3 Å². The molecule has 0 bridgehead atoms. The van der Waals surface area contributed by atoms with Crippen LogP contribution in [-0.4, -0.2) is 6.29 Å². The molecule has 4 heteroatoms. The van der Waals surface area contributed by atoms with Gasteiger partial charge in [0.25, 0.3) is 0 Å². The lowest BCUT2D eigenvalue weighted by Crippen LogP contribution is -2.33. The molecule has 0 aromatic heterocycles. The largest absolute Gasteiger partial charge is 0.450 e. The third-order valence-corrected chi connectivity index (χ3v) is 2.65. The van der Waals surface area contributed by atoms with Gasteiger partial charge in [0.1, 0.15) is 5.02 Å². The fourth-order valence-corrected chi connectivity index (χ4v) is 1.56. The molecule has 0 aliphatic carbocycles. The van der Waals surface area contributed by atoms with Crippen molar-refractivity contribution in [1.82, 2.24) is 0 Å². The van der Waals surface area contributed by atoms with Gasteiger partial charge in [0.15, 0.2) is 11.5 Å². The van der Waals surface area contributed by atoms with Crippen LogP contribution in [0.1, 0.15) is 20.8 Å². The first-order valence-electron chi connectivity index (χ1n) is 4.81. The number of ether oxygens (including phenoxy) is 2. The van der Waals surface area contributed by atoms with Gasteiger partial charge in [-0.05, 0) is 12.1 Å². The van der Waals surface area contributed by atoms with E-state index in [0.29, 0.717) is 22.2 Å². The summed E-state index contributed by atoms with van der Waals surface area (Å²) >= 11 is 6.02. The van der Waals surface area contributed by atoms with Crippen molar-refractivity contribution in [1.29, 1.82) is 0 Å². The molecule has 2 rings (SSSR count). The lowest BCUT2D eigenvalue weighted by molar-refractivity contribution is -0.0395. The molecule has 82 valence electrons. The average molecular weight is 228 g/mol. The lowest BCUT2D eigenvalue weighted by Gasteiger charge is -2.24. The average Bonchev–Trinajstić information content (AvgIpc) is 2.55. The van der Waals surface area contributed by atoms with Crippen molar-refractivity contribution < 1.29 is 9.47 Å². The maximum Gasteiger partial charge on any atom is 0.246 e. The van der Waals surface area contributed by atoms with E-state index < -0.39 is 0 Å². The van der Waals surface area contributed by atoms with Gasteiger partial charge in [-0.1, -0.05) is 32.4 Å². The standard InChI is InChI=1S/C11H14ClNO2/c1-11(2,3)10-14-7-5-4-6(13)8(12)9(7)15-10/h4-5,10H,13H2,1-3H3. The van der Waals surface area contributed by atoms with Gasteiger partial charge in [-0.25, -0.2) is 0 Å². The third kappa shape index (κ3) is 1.72. The summed E-state index contributed by atoms with van der Waals surface area (Å²) in [6, 6.07) is 3.50. The van der Waals surface area contributed by atoms with Crippen molar-refractivity contribution in [2.24, 2.45) is 5.41 Å². The number of nitrogen functional groups attached to an aromatic ring is 1. The lowest BCUT2D eigenvalue weighted by atomic mass is 9.96. The molecule has 3 nitrogen and oxygen atoms in total. The molecule has 0 amide bonds. The maximum atomic E-state index is 6.02. The van der Waals surface area contributed by atoms with Gasteiger partial charge in [-0.3, -0.25) is 0 Å². The van der Waals surface area contributed by atoms with E-state index in [0.717, 1.165) is 0 Å². The second-order valence-electron chi connectivity index (χ2n) is 4.73. The number of rotatable bonds is 0. The van der Waals surface area contributed by atoms with Gasteiger partial charge in [0, 0.05) is 5.41 Å². The fourth-order valence-electron chi connectivity index (χ4n) is 1.36. The molecule has 0 radical (unpaired) electrons. The van der Waals surface area contributed by atoms with E-state index >= 15 is 0 Å². The van der Waals surface area contributed by atoms with Crippen molar-refractivity contribution in [2.45, 2.75) is 27.1 Å². The number of anilines is 1. The molecule has 0 saturated carbocycles. The normalized spacial score (nSPS) is 19.3. The molecule has 1 heterocycles. The highest BCUT2D eigenvalue weighted by molar-refractivity contribution is 6.34. The summed E-state index contributed by atoms with van der Waals surface area (Å²) in [5.74, 6) is 1.21. The Morgan fingerprint density at radius 1 is 1.27 bits per heavy atom. The van der Waals surface area contributed by atoms with Crippen LogP contribution in [0.4, 0.5) is 5.69 Å². The van der Waals surface area contributed by atoms with E-state index in [1.165, 1.54) is 0 Å². The minimum atomic E-state index is -0.313. The topological polar surface area (TPSA) is 44.5 Å². The zero-order valence-corrected chi connectivity index (χ0v) is 9.76. The first kappa shape index (κ1) is 10.4. The van der Waals surface area contributed by atoms with Crippen LogP contribution in [0.5, 0.6) is 11.5 Å². The zero-order chi connectivity index (χ0) is 11.2. The number of hydrogen-bond acceptors (Lipinski definition) is 3. The highest BCUT2D eigenvalue weighted by Crippen LogP contribution is 2.46. The van der Waals surface area contributed by atoms with Gasteiger partial charge in [-0.2, -0.15) is 0 Å². The smallest absolute Gasteiger partial charge is 0.246 e. The maximum absolute atomic E-state index is 6.02. The van der Waals surface area contributed by atoms with Crippen LogP contribution in [0.2, 0.25) is 5.02 Å². The zero-order valence-electron chi connectivity index (χ0n) is 9.00. The molecule has 1 atom stereocenters. The summed E-state index contributed by atoms with van der Waals surface area (Å²) in [6.07, 6.45) is -0.313. The van der Waals surface area contributed by atoms with Crippen LogP contribution in [0.15, 0.2) is 12.1 Å². The van der Waals surface area contributed by atoms with E-state index in [-0.39, 0.29) is 11.7 Å². The van der Waals surface area contributed by atoms with Crippen LogP contribution in [0.25, 0.3) is 0 Å². The Morgan fingerprint density at radius 3 is 2.53 bits per heavy atom. The third-order valence-electron chi connectivity index (χ3n) is 2.26. The second kappa shape index (κ2) is 3.20. The Kier molecular flexibility index (Phi) is 2.23. The number of benzene rings is 1. The molecule has 2 N–H and O–H groups in total. The predicted molar refractivity (Wildman–Crippen MR) is 60.4 cm³/mol. The predicted octanol–water partition coefficient (Wildman–Crippen LogP) is 3.07. The Labute approximate surface area is 94.1 Å². The number of halogens is 1. The molecule has 1 aliphatic rings. The van der Waals surface area contributed by atoms with Crippen LogP contribution in [0, 0.1) is 5.41 Å². The van der Waals surface area contributed by atoms with E-state index in [1.807, 2.05) is 20.8 Å². The quantitative estimate of drug-likeness (QED) is 0.693. The Balaban J connectivity index is 2.36. The second-order valence-corrected chi connectivity index (χ2v) is 5.11. The summed E-state index contributed by atoms with van der Waals surface area (Å²) in [5, 5.41) is 0.430. The van der Waals surface area contributed by atoms with Gasteiger partial charge >= 0.3 is 0 Å². The minimum Gasteiger partial charge on any atom is -0.450 e. The Hall–Kier alpha value is -1.09. The Morgan fingerprint density at radius 2 is 1.93 bits per heavy atom. The molecule has 15 heavy (non-hydrogen) atoms. The molecule has 0 saturated heterocycles. The van der Waals surface area contributed by atoms with Gasteiger partial charge in [0.2, 0.25) is 6.29 Å². The molecule has 1 aliphatic heterocycles. The first-order valence-corrected chi connectivity index (χ1v) is 5.18. The van der Waals surface area contributed by atoms with Crippen LogP contribution >= 0.6 is 11.6 Å². The van der Waals surface area contributed by atoms with Crippen molar-refractivity contribution in [3.05, 3.63) is 17.2 Å². The van der Waals surface area contributed by atoms with Crippen molar-refractivity contribution in [3.63, 3.8) is 0 Å². The first-order chi connectivity index (χ1) is 6.89. The molecule has 0 fully saturated rings. The fraction of sp³-hybridized carbons (Fsp3) is 0.455. The van der Waals surface area contributed by atoms with E-state index in [1.54, 1.807) is 12.1 Å².